The number of rotatable bonds is 3. The molecule has 0 fully saturated rings. The predicted octanol–water partition coefficient (Wildman–Crippen LogP) is 0.934. The SMILES string of the molecule is Cl.N#Cc1cccc(C[C@H](N)C(=O)O)c1. The van der Waals surface area contributed by atoms with Crippen LogP contribution in [-0.4, -0.2) is 17.1 Å². The van der Waals surface area contributed by atoms with Crippen LogP contribution in [0.15, 0.2) is 24.3 Å². The van der Waals surface area contributed by atoms with Crippen LogP contribution in [0, 0.1) is 11.3 Å². The van der Waals surface area contributed by atoms with Gasteiger partial charge in [-0.3, -0.25) is 4.79 Å². The van der Waals surface area contributed by atoms with Gasteiger partial charge in [-0.25, -0.2) is 0 Å². The number of hydrogen-bond donors (Lipinski definition) is 2. The molecule has 1 aromatic carbocycles. The van der Waals surface area contributed by atoms with E-state index in [1.165, 1.54) is 0 Å². The van der Waals surface area contributed by atoms with E-state index in [0.29, 0.717) is 5.56 Å². The van der Waals surface area contributed by atoms with Crippen LogP contribution < -0.4 is 5.73 Å². The van der Waals surface area contributed by atoms with Crippen LogP contribution >= 0.6 is 12.4 Å². The Kier molecular flexibility index (Phi) is 5.39. The summed E-state index contributed by atoms with van der Waals surface area (Å²) in [5, 5.41) is 17.2. The number of hydrogen-bond acceptors (Lipinski definition) is 3. The highest BCUT2D eigenvalue weighted by atomic mass is 35.5. The smallest absolute Gasteiger partial charge is 0.320 e. The van der Waals surface area contributed by atoms with Crippen molar-refractivity contribution >= 4 is 18.4 Å². The summed E-state index contributed by atoms with van der Waals surface area (Å²) in [7, 11) is 0. The van der Waals surface area contributed by atoms with E-state index in [0.717, 1.165) is 5.56 Å². The Morgan fingerprint density at radius 2 is 2.27 bits per heavy atom. The quantitative estimate of drug-likeness (QED) is 0.803. The zero-order chi connectivity index (χ0) is 10.6. The summed E-state index contributed by atoms with van der Waals surface area (Å²) in [6, 6.07) is 7.84. The van der Waals surface area contributed by atoms with Crippen LogP contribution in [0.1, 0.15) is 11.1 Å². The van der Waals surface area contributed by atoms with E-state index in [1.54, 1.807) is 24.3 Å². The van der Waals surface area contributed by atoms with E-state index in [9.17, 15) is 4.79 Å². The van der Waals surface area contributed by atoms with Gasteiger partial charge in [-0.2, -0.15) is 5.26 Å². The van der Waals surface area contributed by atoms with Crippen LogP contribution in [0.3, 0.4) is 0 Å². The molecule has 80 valence electrons. The van der Waals surface area contributed by atoms with Crippen molar-refractivity contribution in [2.45, 2.75) is 12.5 Å². The molecule has 0 aliphatic rings. The lowest BCUT2D eigenvalue weighted by atomic mass is 10.0. The monoisotopic (exact) mass is 226 g/mol. The van der Waals surface area contributed by atoms with Crippen molar-refractivity contribution in [2.75, 3.05) is 0 Å². The first-order valence-corrected chi connectivity index (χ1v) is 4.11. The van der Waals surface area contributed by atoms with Crippen LogP contribution in [-0.2, 0) is 11.2 Å². The Morgan fingerprint density at radius 3 is 2.80 bits per heavy atom. The third kappa shape index (κ3) is 3.98. The lowest BCUT2D eigenvalue weighted by Gasteiger charge is -2.05. The fourth-order valence-corrected chi connectivity index (χ4v) is 1.11. The second kappa shape index (κ2) is 6.02. The Bertz CT molecular complexity index is 387. The molecule has 1 rings (SSSR count). The molecule has 5 heteroatoms. The molecular weight excluding hydrogens is 216 g/mol. The Balaban J connectivity index is 0.00000196. The molecule has 0 bridgehead atoms. The second-order valence-electron chi connectivity index (χ2n) is 2.96. The molecule has 1 aromatic rings. The summed E-state index contributed by atoms with van der Waals surface area (Å²) >= 11 is 0. The molecule has 0 unspecified atom stereocenters. The molecule has 0 amide bonds. The van der Waals surface area contributed by atoms with Crippen molar-refractivity contribution in [1.29, 1.82) is 5.26 Å². The predicted molar refractivity (Wildman–Crippen MR) is 57.7 cm³/mol. The van der Waals surface area contributed by atoms with Crippen molar-refractivity contribution in [3.63, 3.8) is 0 Å². The molecule has 0 aliphatic heterocycles. The molecular formula is C10H11ClN2O2. The maximum atomic E-state index is 10.5. The van der Waals surface area contributed by atoms with Gasteiger partial charge in [0.15, 0.2) is 0 Å². The first kappa shape index (κ1) is 13.4. The number of carboxylic acid groups (broad SMARTS) is 1. The topological polar surface area (TPSA) is 87.1 Å². The summed E-state index contributed by atoms with van der Waals surface area (Å²) in [6.07, 6.45) is 0.241. The number of nitrogens with two attached hydrogens (primary N) is 1. The molecule has 15 heavy (non-hydrogen) atoms. The van der Waals surface area contributed by atoms with E-state index in [2.05, 4.69) is 0 Å². The number of carboxylic acids is 1. The van der Waals surface area contributed by atoms with Gasteiger partial charge in [-0.05, 0) is 24.1 Å². The number of halogens is 1. The van der Waals surface area contributed by atoms with Crippen molar-refractivity contribution in [2.24, 2.45) is 5.73 Å². The van der Waals surface area contributed by atoms with Crippen LogP contribution in [0.5, 0.6) is 0 Å². The molecule has 0 heterocycles. The Labute approximate surface area is 93.7 Å². The lowest BCUT2D eigenvalue weighted by Crippen LogP contribution is -2.32. The van der Waals surface area contributed by atoms with Gasteiger partial charge in [-0.15, -0.1) is 12.4 Å². The van der Waals surface area contributed by atoms with Gasteiger partial charge in [0.05, 0.1) is 11.6 Å². The summed E-state index contributed by atoms with van der Waals surface area (Å²) < 4.78 is 0. The summed E-state index contributed by atoms with van der Waals surface area (Å²) in [5.74, 6) is -1.03. The normalized spacial score (nSPS) is 10.9. The highest BCUT2D eigenvalue weighted by Crippen LogP contribution is 2.06. The van der Waals surface area contributed by atoms with E-state index in [4.69, 9.17) is 16.1 Å². The number of nitriles is 1. The fraction of sp³-hybridized carbons (Fsp3) is 0.200. The molecule has 1 atom stereocenters. The van der Waals surface area contributed by atoms with Crippen molar-refractivity contribution in [1.82, 2.24) is 0 Å². The third-order valence-electron chi connectivity index (χ3n) is 1.83. The third-order valence-corrected chi connectivity index (χ3v) is 1.83. The lowest BCUT2D eigenvalue weighted by molar-refractivity contribution is -0.138. The van der Waals surface area contributed by atoms with Gasteiger partial charge >= 0.3 is 5.97 Å². The first-order valence-electron chi connectivity index (χ1n) is 4.11. The fourth-order valence-electron chi connectivity index (χ4n) is 1.11. The molecule has 3 N–H and O–H groups in total. The summed E-state index contributed by atoms with van der Waals surface area (Å²) in [4.78, 5) is 10.5. The summed E-state index contributed by atoms with van der Waals surface area (Å²) in [5.41, 5.74) is 6.63. The van der Waals surface area contributed by atoms with Crippen LogP contribution in [0.4, 0.5) is 0 Å². The molecule has 0 saturated heterocycles. The number of aliphatic carboxylic acids is 1. The average molecular weight is 227 g/mol. The number of benzene rings is 1. The molecule has 4 nitrogen and oxygen atoms in total. The molecule has 0 aliphatic carbocycles. The minimum absolute atomic E-state index is 0. The maximum Gasteiger partial charge on any atom is 0.320 e. The van der Waals surface area contributed by atoms with Gasteiger partial charge in [0.1, 0.15) is 6.04 Å². The van der Waals surface area contributed by atoms with E-state index in [-0.39, 0.29) is 18.8 Å². The number of carbonyl (C=O) groups is 1. The molecule has 0 saturated carbocycles. The van der Waals surface area contributed by atoms with Gasteiger partial charge in [0, 0.05) is 0 Å². The molecule has 0 spiro atoms. The summed E-state index contributed by atoms with van der Waals surface area (Å²) in [6.45, 7) is 0. The molecule has 0 radical (unpaired) electrons. The van der Waals surface area contributed by atoms with Crippen molar-refractivity contribution in [3.05, 3.63) is 35.4 Å². The Hall–Kier alpha value is -1.57. The van der Waals surface area contributed by atoms with Gasteiger partial charge in [-0.1, -0.05) is 12.1 Å². The largest absolute Gasteiger partial charge is 0.480 e. The minimum atomic E-state index is -1.03. The van der Waals surface area contributed by atoms with E-state index >= 15 is 0 Å². The van der Waals surface area contributed by atoms with Crippen molar-refractivity contribution in [3.8, 4) is 6.07 Å². The van der Waals surface area contributed by atoms with Crippen LogP contribution in [0.2, 0.25) is 0 Å². The molecule has 0 aromatic heterocycles. The second-order valence-corrected chi connectivity index (χ2v) is 2.96. The van der Waals surface area contributed by atoms with Gasteiger partial charge < -0.3 is 10.8 Å². The van der Waals surface area contributed by atoms with E-state index in [1.807, 2.05) is 6.07 Å². The first-order chi connectivity index (χ1) is 6.63. The van der Waals surface area contributed by atoms with E-state index < -0.39 is 12.0 Å². The average Bonchev–Trinajstić information content (AvgIpc) is 2.18. The maximum absolute atomic E-state index is 10.5. The number of nitrogens with zero attached hydrogens (tertiary/aromatic N) is 1. The Morgan fingerprint density at radius 1 is 1.60 bits per heavy atom. The van der Waals surface area contributed by atoms with Gasteiger partial charge in [0.2, 0.25) is 0 Å². The zero-order valence-electron chi connectivity index (χ0n) is 7.88. The highest BCUT2D eigenvalue weighted by Gasteiger charge is 2.11. The standard InChI is InChI=1S/C10H10N2O2.ClH/c11-6-8-3-1-2-7(4-8)5-9(12)10(13)14;/h1-4,9H,5,12H2,(H,13,14);1H/t9-;/m0./s1. The highest BCUT2D eigenvalue weighted by molar-refractivity contribution is 5.85. The minimum Gasteiger partial charge on any atom is -0.480 e. The van der Waals surface area contributed by atoms with Crippen molar-refractivity contribution < 1.29 is 9.90 Å². The van der Waals surface area contributed by atoms with Crippen LogP contribution in [0.25, 0.3) is 0 Å². The zero-order valence-corrected chi connectivity index (χ0v) is 8.70. The van der Waals surface area contributed by atoms with Gasteiger partial charge in [0.25, 0.3) is 0 Å².